The normalized spacial score (nSPS) is 11.3. The van der Waals surface area contributed by atoms with Gasteiger partial charge < -0.3 is 10.2 Å². The molecule has 0 aliphatic heterocycles. The maximum absolute atomic E-state index is 12.3. The highest BCUT2D eigenvalue weighted by atomic mass is 32.2. The molecule has 0 spiro atoms. The Bertz CT molecular complexity index is 939. The van der Waals surface area contributed by atoms with Crippen LogP contribution in [0, 0.1) is 0 Å². The Balaban J connectivity index is 1.78. The predicted octanol–water partition coefficient (Wildman–Crippen LogP) is 2.83. The number of amides is 2. The van der Waals surface area contributed by atoms with E-state index in [1.807, 2.05) is 44.2 Å². The fraction of sp³-hybridized carbons (Fsp3) is 0.391. The lowest BCUT2D eigenvalue weighted by Crippen LogP contribution is -2.33. The number of benzene rings is 2. The van der Waals surface area contributed by atoms with Gasteiger partial charge in [-0.05, 0) is 49.9 Å². The molecule has 0 aliphatic rings. The summed E-state index contributed by atoms with van der Waals surface area (Å²) in [7, 11) is -1.70. The molecule has 0 unspecified atom stereocenters. The topological polar surface area (TPSA) is 83.6 Å². The van der Waals surface area contributed by atoms with Gasteiger partial charge in [0.1, 0.15) is 5.75 Å². The lowest BCUT2D eigenvalue weighted by molar-refractivity contribution is -0.118. The van der Waals surface area contributed by atoms with Crippen molar-refractivity contribution in [1.82, 2.24) is 10.2 Å². The van der Waals surface area contributed by atoms with E-state index in [9.17, 15) is 18.0 Å². The number of hydrogen-bond donors (Lipinski definition) is 1. The van der Waals surface area contributed by atoms with Gasteiger partial charge in [-0.3, -0.25) is 9.59 Å². The van der Waals surface area contributed by atoms with E-state index in [2.05, 4.69) is 5.32 Å². The molecule has 0 heterocycles. The summed E-state index contributed by atoms with van der Waals surface area (Å²) in [5, 5.41) is 2.64. The van der Waals surface area contributed by atoms with E-state index in [1.165, 1.54) is 0 Å². The van der Waals surface area contributed by atoms with Crippen molar-refractivity contribution in [1.29, 1.82) is 0 Å². The van der Waals surface area contributed by atoms with E-state index >= 15 is 0 Å². The van der Waals surface area contributed by atoms with Gasteiger partial charge in [0, 0.05) is 25.2 Å². The van der Waals surface area contributed by atoms with Crippen LogP contribution >= 0.6 is 0 Å². The third kappa shape index (κ3) is 7.63. The predicted molar refractivity (Wildman–Crippen MR) is 119 cm³/mol. The first kappa shape index (κ1) is 23.6. The molecular weight excluding hydrogens is 400 g/mol. The number of rotatable bonds is 10. The molecule has 2 rings (SSSR count). The molecule has 0 radical (unpaired) electrons. The summed E-state index contributed by atoms with van der Waals surface area (Å²) in [5.74, 6) is -1.12. The van der Waals surface area contributed by atoms with Crippen LogP contribution in [-0.2, 0) is 27.6 Å². The zero-order valence-electron chi connectivity index (χ0n) is 17.8. The molecule has 0 aliphatic carbocycles. The maximum Gasteiger partial charge on any atom is 0.253 e. The Morgan fingerprint density at radius 1 is 0.967 bits per heavy atom. The van der Waals surface area contributed by atoms with Crippen molar-refractivity contribution in [2.24, 2.45) is 0 Å². The minimum atomic E-state index is -3.45. The van der Waals surface area contributed by atoms with Crippen molar-refractivity contribution in [3.05, 3.63) is 71.3 Å². The van der Waals surface area contributed by atoms with Crippen molar-refractivity contribution in [2.45, 2.75) is 39.3 Å². The van der Waals surface area contributed by atoms with Crippen molar-refractivity contribution in [3.63, 3.8) is 0 Å². The SMILES string of the molecule is CC(C)N(C)C(=O)c1ccc(CNC(=O)CS(=O)(=O)CCCc2ccccc2)cc1. The number of hydrogen-bond acceptors (Lipinski definition) is 4. The van der Waals surface area contributed by atoms with Crippen LogP contribution in [0.1, 0.15) is 41.8 Å². The summed E-state index contributed by atoms with van der Waals surface area (Å²) < 4.78 is 24.4. The van der Waals surface area contributed by atoms with Gasteiger partial charge in [-0.1, -0.05) is 42.5 Å². The minimum Gasteiger partial charge on any atom is -0.351 e. The van der Waals surface area contributed by atoms with E-state index in [0.717, 1.165) is 11.1 Å². The third-order valence-electron chi connectivity index (χ3n) is 4.90. The summed E-state index contributed by atoms with van der Waals surface area (Å²) in [6, 6.07) is 16.7. The molecule has 0 saturated carbocycles. The molecule has 0 saturated heterocycles. The highest BCUT2D eigenvalue weighted by molar-refractivity contribution is 7.92. The smallest absolute Gasteiger partial charge is 0.253 e. The number of nitrogens with one attached hydrogen (secondary N) is 1. The second kappa shape index (κ2) is 10.9. The maximum atomic E-state index is 12.3. The largest absolute Gasteiger partial charge is 0.351 e. The fourth-order valence-corrected chi connectivity index (χ4v) is 4.10. The average molecular weight is 431 g/mol. The van der Waals surface area contributed by atoms with Gasteiger partial charge >= 0.3 is 0 Å². The van der Waals surface area contributed by atoms with Gasteiger partial charge in [0.2, 0.25) is 5.91 Å². The molecule has 0 bridgehead atoms. The van der Waals surface area contributed by atoms with E-state index in [1.54, 1.807) is 36.2 Å². The van der Waals surface area contributed by atoms with Crippen molar-refractivity contribution >= 4 is 21.7 Å². The molecule has 0 aromatic heterocycles. The lowest BCUT2D eigenvalue weighted by atomic mass is 10.1. The van der Waals surface area contributed by atoms with Gasteiger partial charge in [-0.2, -0.15) is 0 Å². The van der Waals surface area contributed by atoms with E-state index in [4.69, 9.17) is 0 Å². The summed E-state index contributed by atoms with van der Waals surface area (Å²) in [4.78, 5) is 26.0. The van der Waals surface area contributed by atoms with Crippen LogP contribution in [0.25, 0.3) is 0 Å². The van der Waals surface area contributed by atoms with Crippen LogP contribution in [0.5, 0.6) is 0 Å². The molecule has 6 nitrogen and oxygen atoms in total. The first-order valence-electron chi connectivity index (χ1n) is 10.0. The summed E-state index contributed by atoms with van der Waals surface area (Å²) >= 11 is 0. The number of aryl methyl sites for hydroxylation is 1. The van der Waals surface area contributed by atoms with E-state index in [0.29, 0.717) is 18.4 Å². The zero-order chi connectivity index (χ0) is 22.1. The van der Waals surface area contributed by atoms with Crippen LogP contribution in [0.4, 0.5) is 0 Å². The van der Waals surface area contributed by atoms with Gasteiger partial charge in [-0.25, -0.2) is 8.42 Å². The molecular formula is C23H30N2O4S. The molecule has 2 aromatic rings. The van der Waals surface area contributed by atoms with Crippen molar-refractivity contribution in [3.8, 4) is 0 Å². The van der Waals surface area contributed by atoms with Crippen molar-refractivity contribution in [2.75, 3.05) is 18.6 Å². The molecule has 162 valence electrons. The number of carbonyl (C=O) groups is 2. The average Bonchev–Trinajstić information content (AvgIpc) is 2.71. The fourth-order valence-electron chi connectivity index (χ4n) is 2.87. The zero-order valence-corrected chi connectivity index (χ0v) is 18.6. The first-order chi connectivity index (χ1) is 14.2. The van der Waals surface area contributed by atoms with E-state index < -0.39 is 21.5 Å². The van der Waals surface area contributed by atoms with Crippen LogP contribution in [0.3, 0.4) is 0 Å². The monoisotopic (exact) mass is 430 g/mol. The Kier molecular flexibility index (Phi) is 8.59. The minimum absolute atomic E-state index is 0.0184. The highest BCUT2D eigenvalue weighted by Crippen LogP contribution is 2.09. The molecule has 7 heteroatoms. The van der Waals surface area contributed by atoms with E-state index in [-0.39, 0.29) is 24.2 Å². The Hall–Kier alpha value is -2.67. The van der Waals surface area contributed by atoms with Gasteiger partial charge in [-0.15, -0.1) is 0 Å². The second-order valence-corrected chi connectivity index (χ2v) is 9.85. The van der Waals surface area contributed by atoms with Crippen molar-refractivity contribution < 1.29 is 18.0 Å². The number of sulfone groups is 1. The molecule has 1 N–H and O–H groups in total. The van der Waals surface area contributed by atoms with Gasteiger partial charge in [0.05, 0.1) is 5.75 Å². The highest BCUT2D eigenvalue weighted by Gasteiger charge is 2.17. The quantitative estimate of drug-likeness (QED) is 0.628. The summed E-state index contributed by atoms with van der Waals surface area (Å²) in [6.45, 7) is 4.10. The molecule has 30 heavy (non-hydrogen) atoms. The van der Waals surface area contributed by atoms with Gasteiger partial charge in [0.15, 0.2) is 9.84 Å². The van der Waals surface area contributed by atoms with Crippen LogP contribution in [0.2, 0.25) is 0 Å². The summed E-state index contributed by atoms with van der Waals surface area (Å²) in [6.07, 6.45) is 1.15. The lowest BCUT2D eigenvalue weighted by Gasteiger charge is -2.21. The molecule has 2 aromatic carbocycles. The van der Waals surface area contributed by atoms with Crippen LogP contribution in [0.15, 0.2) is 54.6 Å². The molecule has 0 atom stereocenters. The Morgan fingerprint density at radius 2 is 1.60 bits per heavy atom. The molecule has 2 amide bonds. The van der Waals surface area contributed by atoms with Crippen LogP contribution < -0.4 is 5.32 Å². The second-order valence-electron chi connectivity index (χ2n) is 7.66. The summed E-state index contributed by atoms with van der Waals surface area (Å²) in [5.41, 5.74) is 2.45. The first-order valence-corrected chi connectivity index (χ1v) is 11.9. The third-order valence-corrected chi connectivity index (χ3v) is 6.51. The number of nitrogens with zero attached hydrogens (tertiary/aromatic N) is 1. The van der Waals surface area contributed by atoms with Gasteiger partial charge in [0.25, 0.3) is 5.91 Å². The Labute approximate surface area is 179 Å². The van der Waals surface area contributed by atoms with Crippen LogP contribution in [-0.4, -0.2) is 49.7 Å². The number of carbonyl (C=O) groups excluding carboxylic acids is 2. The molecule has 0 fully saturated rings. The Morgan fingerprint density at radius 3 is 2.20 bits per heavy atom. The standard InChI is InChI=1S/C23H30N2O4S/c1-18(2)25(3)23(27)21-13-11-20(12-14-21)16-24-22(26)17-30(28,29)15-7-10-19-8-5-4-6-9-19/h4-6,8-9,11-14,18H,7,10,15-17H2,1-3H3,(H,24,26).